The minimum absolute atomic E-state index is 0.198. The molecule has 1 aromatic rings. The van der Waals surface area contributed by atoms with Crippen molar-refractivity contribution in [2.24, 2.45) is 23.2 Å². The van der Waals surface area contributed by atoms with Crippen molar-refractivity contribution in [2.75, 3.05) is 27.6 Å². The molecular weight excluding hydrogens is 340 g/mol. The highest BCUT2D eigenvalue weighted by Gasteiger charge is 2.58. The Balaban J connectivity index is 1.67. The topological polar surface area (TPSA) is 47.9 Å². The molecule has 0 amide bonds. The van der Waals surface area contributed by atoms with E-state index in [-0.39, 0.29) is 18.1 Å². The van der Waals surface area contributed by atoms with Crippen LogP contribution in [0, 0.1) is 23.2 Å². The van der Waals surface area contributed by atoms with Crippen molar-refractivity contribution in [3.8, 4) is 5.75 Å². The summed E-state index contributed by atoms with van der Waals surface area (Å²) in [7, 11) is 3.44. The number of rotatable bonds is 6. The largest absolute Gasteiger partial charge is 0.497 e. The Bertz CT molecular complexity index is 660. The second-order valence-corrected chi connectivity index (χ2v) is 9.02. The fraction of sp³-hybridized carbons (Fsp3) is 0.739. The number of fused-ring (bicyclic) bond motifs is 5. The van der Waals surface area contributed by atoms with Gasteiger partial charge < -0.3 is 19.3 Å². The number of benzene rings is 1. The van der Waals surface area contributed by atoms with Crippen LogP contribution in [0.4, 0.5) is 0 Å². The van der Waals surface area contributed by atoms with Crippen LogP contribution in [0.15, 0.2) is 18.2 Å². The molecule has 0 saturated heterocycles. The molecule has 4 nitrogen and oxygen atoms in total. The van der Waals surface area contributed by atoms with Gasteiger partial charge in [0.25, 0.3) is 0 Å². The normalized spacial score (nSPS) is 37.4. The number of hydrogen-bond acceptors (Lipinski definition) is 4. The molecular formula is C23H34O4. The van der Waals surface area contributed by atoms with Crippen molar-refractivity contribution in [3.63, 3.8) is 0 Å². The van der Waals surface area contributed by atoms with Gasteiger partial charge in [-0.2, -0.15) is 0 Å². The fourth-order valence-corrected chi connectivity index (χ4v) is 6.82. The minimum Gasteiger partial charge on any atom is -0.497 e. The number of hydrogen-bond donors (Lipinski definition) is 1. The van der Waals surface area contributed by atoms with Crippen LogP contribution in [0.3, 0.4) is 0 Å². The standard InChI is InChI=1S/C23H34O4/c1-23-13-16(10-11-24)22-18-7-5-17(26-3)12-15(18)4-6-19(22)20(23)8-9-21(23)27-14-25-2/h5,7,12,16,19-22,24H,4,6,8-11,13-14H2,1-3H3/t16-,19?,20?,21?,22?,23?/m0/s1. The summed E-state index contributed by atoms with van der Waals surface area (Å²) in [5, 5.41) is 9.80. The van der Waals surface area contributed by atoms with Gasteiger partial charge in [0.2, 0.25) is 0 Å². The third-order valence-corrected chi connectivity index (χ3v) is 7.85. The van der Waals surface area contributed by atoms with E-state index in [0.29, 0.717) is 30.5 Å². The van der Waals surface area contributed by atoms with Gasteiger partial charge in [-0.1, -0.05) is 13.0 Å². The Kier molecular flexibility index (Phi) is 5.50. The first-order valence-electron chi connectivity index (χ1n) is 10.5. The lowest BCUT2D eigenvalue weighted by molar-refractivity contribution is -0.133. The minimum atomic E-state index is 0.198. The van der Waals surface area contributed by atoms with Crippen LogP contribution >= 0.6 is 0 Å². The van der Waals surface area contributed by atoms with E-state index in [1.807, 2.05) is 0 Å². The van der Waals surface area contributed by atoms with Crippen molar-refractivity contribution >= 4 is 0 Å². The van der Waals surface area contributed by atoms with Crippen molar-refractivity contribution in [1.29, 1.82) is 0 Å². The van der Waals surface area contributed by atoms with Crippen LogP contribution in [-0.2, 0) is 15.9 Å². The Morgan fingerprint density at radius 2 is 2.04 bits per heavy atom. The molecule has 3 aliphatic carbocycles. The summed E-state index contributed by atoms with van der Waals surface area (Å²) in [5.41, 5.74) is 3.16. The second kappa shape index (κ2) is 7.73. The summed E-state index contributed by atoms with van der Waals surface area (Å²) in [6, 6.07) is 6.64. The van der Waals surface area contributed by atoms with E-state index in [1.54, 1.807) is 14.2 Å². The smallest absolute Gasteiger partial charge is 0.146 e. The molecule has 6 atom stereocenters. The van der Waals surface area contributed by atoms with Crippen molar-refractivity contribution in [2.45, 2.75) is 57.5 Å². The van der Waals surface area contributed by atoms with Crippen molar-refractivity contribution in [3.05, 3.63) is 29.3 Å². The summed E-state index contributed by atoms with van der Waals surface area (Å²) in [6.45, 7) is 3.09. The first kappa shape index (κ1) is 19.2. The first-order chi connectivity index (χ1) is 13.1. The van der Waals surface area contributed by atoms with E-state index < -0.39 is 0 Å². The maximum absolute atomic E-state index is 9.80. The summed E-state index contributed by atoms with van der Waals surface area (Å²) in [5.74, 6) is 3.43. The zero-order chi connectivity index (χ0) is 19.0. The van der Waals surface area contributed by atoms with Crippen molar-refractivity contribution < 1.29 is 19.3 Å². The van der Waals surface area contributed by atoms with Crippen molar-refractivity contribution in [1.82, 2.24) is 0 Å². The predicted octanol–water partition coefficient (Wildman–Crippen LogP) is 4.15. The lowest BCUT2D eigenvalue weighted by Gasteiger charge is -2.54. The maximum Gasteiger partial charge on any atom is 0.146 e. The van der Waals surface area contributed by atoms with Crippen LogP contribution in [0.1, 0.15) is 56.1 Å². The molecule has 0 spiro atoms. The summed E-state index contributed by atoms with van der Waals surface area (Å²) < 4.78 is 16.8. The van der Waals surface area contributed by atoms with Gasteiger partial charge in [-0.15, -0.1) is 0 Å². The molecule has 1 aromatic carbocycles. The first-order valence-corrected chi connectivity index (χ1v) is 10.5. The zero-order valence-corrected chi connectivity index (χ0v) is 16.9. The van der Waals surface area contributed by atoms with Crippen LogP contribution in [0.5, 0.6) is 5.75 Å². The summed E-state index contributed by atoms with van der Waals surface area (Å²) in [6.07, 6.45) is 7.06. The molecule has 4 rings (SSSR count). The average molecular weight is 375 g/mol. The van der Waals surface area contributed by atoms with E-state index in [4.69, 9.17) is 14.2 Å². The number of aliphatic hydroxyl groups excluding tert-OH is 1. The number of aryl methyl sites for hydroxylation is 1. The van der Waals surface area contributed by atoms with Crippen LogP contribution in [0.25, 0.3) is 0 Å². The van der Waals surface area contributed by atoms with Crippen LogP contribution < -0.4 is 4.74 Å². The van der Waals surface area contributed by atoms with E-state index >= 15 is 0 Å². The Morgan fingerprint density at radius 1 is 1.19 bits per heavy atom. The van der Waals surface area contributed by atoms with Gasteiger partial charge in [0.15, 0.2) is 0 Å². The van der Waals surface area contributed by atoms with Gasteiger partial charge in [-0.25, -0.2) is 0 Å². The van der Waals surface area contributed by atoms with Gasteiger partial charge in [-0.05, 0) is 90.9 Å². The molecule has 0 radical (unpaired) electrons. The Morgan fingerprint density at radius 3 is 2.78 bits per heavy atom. The van der Waals surface area contributed by atoms with E-state index in [9.17, 15) is 5.11 Å². The van der Waals surface area contributed by atoms with Crippen LogP contribution in [0.2, 0.25) is 0 Å². The number of ether oxygens (including phenoxy) is 3. The Hall–Kier alpha value is -1.10. The lowest BCUT2D eigenvalue weighted by atomic mass is 9.51. The fourth-order valence-electron chi connectivity index (χ4n) is 6.82. The second-order valence-electron chi connectivity index (χ2n) is 9.02. The van der Waals surface area contributed by atoms with Crippen LogP contribution in [-0.4, -0.2) is 38.8 Å². The lowest BCUT2D eigenvalue weighted by Crippen LogP contribution is -2.48. The SMILES string of the molecule is COCOC1CCC2C3CCc4cc(OC)ccc4C3[C@@H](CCO)CC12C. The quantitative estimate of drug-likeness (QED) is 0.760. The average Bonchev–Trinajstić information content (AvgIpc) is 3.01. The van der Waals surface area contributed by atoms with Gasteiger partial charge >= 0.3 is 0 Å². The van der Waals surface area contributed by atoms with Gasteiger partial charge in [0, 0.05) is 13.7 Å². The molecule has 5 unspecified atom stereocenters. The molecule has 2 saturated carbocycles. The van der Waals surface area contributed by atoms with E-state index in [0.717, 1.165) is 31.4 Å². The molecule has 27 heavy (non-hydrogen) atoms. The maximum atomic E-state index is 9.80. The highest BCUT2D eigenvalue weighted by atomic mass is 16.7. The third kappa shape index (κ3) is 3.20. The molecule has 0 bridgehead atoms. The molecule has 3 aliphatic rings. The van der Waals surface area contributed by atoms with E-state index in [1.165, 1.54) is 24.0 Å². The molecule has 1 N–H and O–H groups in total. The number of methoxy groups -OCH3 is 2. The molecule has 0 aliphatic heterocycles. The molecule has 2 fully saturated rings. The molecule has 150 valence electrons. The van der Waals surface area contributed by atoms with Gasteiger partial charge in [0.05, 0.1) is 13.2 Å². The molecule has 0 heterocycles. The zero-order valence-electron chi connectivity index (χ0n) is 16.9. The molecule has 4 heteroatoms. The third-order valence-electron chi connectivity index (χ3n) is 7.85. The predicted molar refractivity (Wildman–Crippen MR) is 105 cm³/mol. The highest BCUT2D eigenvalue weighted by Crippen LogP contribution is 2.64. The number of aliphatic hydroxyl groups is 1. The monoisotopic (exact) mass is 374 g/mol. The van der Waals surface area contributed by atoms with Gasteiger partial charge in [-0.3, -0.25) is 0 Å². The highest BCUT2D eigenvalue weighted by molar-refractivity contribution is 5.41. The van der Waals surface area contributed by atoms with Gasteiger partial charge in [0.1, 0.15) is 12.5 Å². The summed E-state index contributed by atoms with van der Waals surface area (Å²) >= 11 is 0. The summed E-state index contributed by atoms with van der Waals surface area (Å²) in [4.78, 5) is 0. The van der Waals surface area contributed by atoms with E-state index in [2.05, 4.69) is 25.1 Å². The Labute approximate surface area is 163 Å². The molecule has 0 aromatic heterocycles.